The monoisotopic (exact) mass is 176 g/mol. The molecule has 0 aromatic rings. The van der Waals surface area contributed by atoms with Gasteiger partial charge in [0.05, 0.1) is 19.1 Å². The van der Waals surface area contributed by atoms with Crippen LogP contribution in [0, 0.1) is 0 Å². The quantitative estimate of drug-likeness (QED) is 0.572. The number of nitrogens with zero attached hydrogens (tertiary/aromatic N) is 1. The molecule has 0 saturated heterocycles. The molecule has 0 amide bonds. The first-order valence-corrected chi connectivity index (χ1v) is 4.74. The minimum Gasteiger partial charge on any atom is -0.364 e. The number of aliphatic imine (C=N–C) groups is 1. The van der Waals surface area contributed by atoms with Crippen molar-refractivity contribution < 1.29 is 12.6 Å². The summed E-state index contributed by atoms with van der Waals surface area (Å²) in [5.74, 6) is 0.211. The van der Waals surface area contributed by atoms with Gasteiger partial charge in [0.1, 0.15) is 0 Å². The van der Waals surface area contributed by atoms with Crippen LogP contribution in [0.4, 0.5) is 0 Å². The lowest BCUT2D eigenvalue weighted by Gasteiger charge is -2.08. The van der Waals surface area contributed by atoms with Crippen molar-refractivity contribution in [3.8, 4) is 0 Å². The third-order valence-electron chi connectivity index (χ3n) is 0.921. The van der Waals surface area contributed by atoms with Gasteiger partial charge in [0.15, 0.2) is 0 Å². The highest BCUT2D eigenvalue weighted by Crippen LogP contribution is 1.99. The van der Waals surface area contributed by atoms with Crippen molar-refractivity contribution in [2.45, 2.75) is 0 Å². The summed E-state index contributed by atoms with van der Waals surface area (Å²) < 4.78 is 25.6. The van der Waals surface area contributed by atoms with Crippen molar-refractivity contribution >= 4 is 16.5 Å². The van der Waals surface area contributed by atoms with Crippen LogP contribution in [-0.4, -0.2) is 27.6 Å². The molecule has 62 valence electrons. The highest BCUT2D eigenvalue weighted by molar-refractivity contribution is 7.86. The molecule has 1 aliphatic rings. The Bertz CT molecular complexity index is 291. The maximum Gasteiger partial charge on any atom is 0.307 e. The Kier molecular flexibility index (Phi) is 2.13. The van der Waals surface area contributed by atoms with Crippen molar-refractivity contribution in [1.29, 1.82) is 0 Å². The summed E-state index contributed by atoms with van der Waals surface area (Å²) in [7, 11) is -3.42. The maximum absolute atomic E-state index is 10.6. The molecule has 0 spiro atoms. The van der Waals surface area contributed by atoms with E-state index in [1.165, 1.54) is 6.34 Å². The van der Waals surface area contributed by atoms with Crippen LogP contribution in [0.25, 0.3) is 0 Å². The van der Waals surface area contributed by atoms with Crippen LogP contribution >= 0.6 is 0 Å². The van der Waals surface area contributed by atoms with Crippen LogP contribution in [-0.2, 0) is 14.3 Å². The van der Waals surface area contributed by atoms with E-state index in [1.54, 1.807) is 6.08 Å². The minimum absolute atomic E-state index is 0.211. The lowest BCUT2D eigenvalue weighted by Crippen LogP contribution is -2.19. The van der Waals surface area contributed by atoms with E-state index in [2.05, 4.69) is 14.5 Å². The molecule has 1 aliphatic heterocycles. The normalized spacial score (nSPS) is 17.0. The van der Waals surface area contributed by atoms with Crippen LogP contribution in [0.5, 0.6) is 0 Å². The summed E-state index contributed by atoms with van der Waals surface area (Å²) >= 11 is 0. The lowest BCUT2D eigenvalue weighted by atomic mass is 10.5. The Morgan fingerprint density at radius 2 is 2.45 bits per heavy atom. The van der Waals surface area contributed by atoms with Gasteiger partial charge in [-0.25, -0.2) is 0 Å². The smallest absolute Gasteiger partial charge is 0.307 e. The number of hydrogen-bond acceptors (Lipinski definition) is 5. The van der Waals surface area contributed by atoms with Crippen LogP contribution in [0.1, 0.15) is 0 Å². The molecular formula is C5H8N2O3S. The molecular weight excluding hydrogens is 168 g/mol. The van der Waals surface area contributed by atoms with E-state index in [-0.39, 0.29) is 5.88 Å². The molecule has 0 bridgehead atoms. The van der Waals surface area contributed by atoms with Gasteiger partial charge in [-0.2, -0.15) is 8.42 Å². The van der Waals surface area contributed by atoms with Gasteiger partial charge in [0.2, 0.25) is 5.88 Å². The highest BCUT2D eigenvalue weighted by Gasteiger charge is 2.06. The highest BCUT2D eigenvalue weighted by atomic mass is 32.2. The van der Waals surface area contributed by atoms with Gasteiger partial charge in [-0.05, 0) is 6.08 Å². The average molecular weight is 176 g/mol. The van der Waals surface area contributed by atoms with Crippen LogP contribution in [0.3, 0.4) is 0 Å². The zero-order valence-electron chi connectivity index (χ0n) is 5.94. The molecule has 0 atom stereocenters. The van der Waals surface area contributed by atoms with Crippen molar-refractivity contribution in [2.75, 3.05) is 12.8 Å². The summed E-state index contributed by atoms with van der Waals surface area (Å²) in [6.07, 6.45) is 3.92. The first-order valence-electron chi connectivity index (χ1n) is 2.92. The molecule has 0 aliphatic carbocycles. The SMILES string of the molecule is CS(=O)(=O)OC1=CCN=CN1. The summed E-state index contributed by atoms with van der Waals surface area (Å²) in [4.78, 5) is 3.77. The summed E-state index contributed by atoms with van der Waals surface area (Å²) in [6, 6.07) is 0. The third kappa shape index (κ3) is 3.03. The molecule has 0 fully saturated rings. The van der Waals surface area contributed by atoms with Gasteiger partial charge in [-0.3, -0.25) is 4.99 Å². The van der Waals surface area contributed by atoms with Crippen LogP contribution in [0.15, 0.2) is 17.0 Å². The third-order valence-corrected chi connectivity index (χ3v) is 1.40. The van der Waals surface area contributed by atoms with E-state index in [9.17, 15) is 8.42 Å². The Labute approximate surface area is 64.9 Å². The number of nitrogens with one attached hydrogen (secondary N) is 1. The zero-order valence-corrected chi connectivity index (χ0v) is 6.76. The average Bonchev–Trinajstić information content (AvgIpc) is 1.85. The standard InChI is InChI=1S/C5H8N2O3S/c1-11(8,9)10-5-2-3-6-4-7-5/h2,4H,3H2,1H3,(H,6,7). The molecule has 0 saturated carbocycles. The predicted octanol–water partition coefficient (Wildman–Crippen LogP) is -0.565. The summed E-state index contributed by atoms with van der Waals surface area (Å²) in [6.45, 7) is 0.442. The van der Waals surface area contributed by atoms with Gasteiger partial charge in [-0.1, -0.05) is 0 Å². The largest absolute Gasteiger partial charge is 0.364 e. The van der Waals surface area contributed by atoms with Crippen LogP contribution < -0.4 is 5.32 Å². The summed E-state index contributed by atoms with van der Waals surface area (Å²) in [5, 5.41) is 2.54. The van der Waals surface area contributed by atoms with E-state index in [0.29, 0.717) is 6.54 Å². The molecule has 0 aromatic carbocycles. The van der Waals surface area contributed by atoms with Gasteiger partial charge < -0.3 is 9.50 Å². The number of rotatable bonds is 2. The fraction of sp³-hybridized carbons (Fsp3) is 0.400. The van der Waals surface area contributed by atoms with E-state index in [1.807, 2.05) is 0 Å². The minimum atomic E-state index is -3.42. The van der Waals surface area contributed by atoms with E-state index >= 15 is 0 Å². The summed E-state index contributed by atoms with van der Waals surface area (Å²) in [5.41, 5.74) is 0. The van der Waals surface area contributed by atoms with E-state index < -0.39 is 10.1 Å². The van der Waals surface area contributed by atoms with Gasteiger partial charge in [0, 0.05) is 0 Å². The molecule has 0 radical (unpaired) electrons. The Morgan fingerprint density at radius 1 is 1.73 bits per heavy atom. The van der Waals surface area contributed by atoms with Gasteiger partial charge in [0.25, 0.3) is 0 Å². The molecule has 5 nitrogen and oxygen atoms in total. The molecule has 0 aromatic heterocycles. The second-order valence-corrected chi connectivity index (χ2v) is 3.57. The second kappa shape index (κ2) is 2.91. The predicted molar refractivity (Wildman–Crippen MR) is 40.5 cm³/mol. The zero-order chi connectivity index (χ0) is 8.32. The number of hydrogen-bond donors (Lipinski definition) is 1. The van der Waals surface area contributed by atoms with Gasteiger partial charge >= 0.3 is 10.1 Å². The molecule has 1 rings (SSSR count). The Balaban J connectivity index is 2.57. The molecule has 0 unspecified atom stereocenters. The Morgan fingerprint density at radius 3 is 2.91 bits per heavy atom. The topological polar surface area (TPSA) is 67.8 Å². The van der Waals surface area contributed by atoms with Crippen molar-refractivity contribution in [1.82, 2.24) is 5.32 Å². The lowest BCUT2D eigenvalue weighted by molar-refractivity contribution is 0.393. The molecule has 1 heterocycles. The molecule has 6 heteroatoms. The van der Waals surface area contributed by atoms with E-state index in [0.717, 1.165) is 6.26 Å². The molecule has 1 N–H and O–H groups in total. The van der Waals surface area contributed by atoms with Crippen molar-refractivity contribution in [3.05, 3.63) is 12.0 Å². The van der Waals surface area contributed by atoms with Crippen molar-refractivity contribution in [2.24, 2.45) is 4.99 Å². The maximum atomic E-state index is 10.6. The molecule has 11 heavy (non-hydrogen) atoms. The van der Waals surface area contributed by atoms with Crippen molar-refractivity contribution in [3.63, 3.8) is 0 Å². The van der Waals surface area contributed by atoms with Crippen LogP contribution in [0.2, 0.25) is 0 Å². The fourth-order valence-electron chi connectivity index (χ4n) is 0.578. The van der Waals surface area contributed by atoms with Gasteiger partial charge in [-0.15, -0.1) is 0 Å². The van der Waals surface area contributed by atoms with E-state index in [4.69, 9.17) is 0 Å². The Hall–Kier alpha value is -1.04. The first kappa shape index (κ1) is 8.06. The fourth-order valence-corrected chi connectivity index (χ4v) is 1.02. The second-order valence-electron chi connectivity index (χ2n) is 1.99. The first-order chi connectivity index (χ1) is 5.08.